The number of rotatable bonds is 6. The number of ether oxygens (including phenoxy) is 1. The molecule has 1 N–H and O–H groups in total. The first-order valence-corrected chi connectivity index (χ1v) is 8.31. The third kappa shape index (κ3) is 4.21. The van der Waals surface area contributed by atoms with Gasteiger partial charge in [-0.1, -0.05) is 28.9 Å². The molecule has 2 rings (SSSR count). The second-order valence-corrected chi connectivity index (χ2v) is 6.26. The van der Waals surface area contributed by atoms with Crippen molar-refractivity contribution in [2.24, 2.45) is 0 Å². The molecule has 0 atom stereocenters. The third-order valence-electron chi connectivity index (χ3n) is 3.92. The van der Waals surface area contributed by atoms with Gasteiger partial charge in [0.1, 0.15) is 0 Å². The van der Waals surface area contributed by atoms with Crippen molar-refractivity contribution in [1.29, 1.82) is 0 Å². The fourth-order valence-corrected chi connectivity index (χ4v) is 3.09. The molecule has 3 nitrogen and oxygen atoms in total. The molecule has 0 radical (unpaired) electrons. The average molecular weight is 341 g/mol. The molecule has 4 heteroatoms. The van der Waals surface area contributed by atoms with E-state index in [-0.39, 0.29) is 0 Å². The first kappa shape index (κ1) is 15.8. The van der Waals surface area contributed by atoms with Gasteiger partial charge in [-0.3, -0.25) is 0 Å². The lowest BCUT2D eigenvalue weighted by Crippen LogP contribution is -2.36. The summed E-state index contributed by atoms with van der Waals surface area (Å²) in [7, 11) is 2.19. The number of hydrogen-bond acceptors (Lipinski definition) is 3. The second-order valence-electron chi connectivity index (χ2n) is 5.41. The zero-order chi connectivity index (χ0) is 14.4. The quantitative estimate of drug-likeness (QED) is 0.801. The van der Waals surface area contributed by atoms with Crippen LogP contribution in [-0.2, 0) is 11.3 Å². The fraction of sp³-hybridized carbons (Fsp3) is 0.625. The molecule has 1 aliphatic rings. The molecule has 0 bridgehead atoms. The van der Waals surface area contributed by atoms with Gasteiger partial charge >= 0.3 is 0 Å². The number of hydrogen-bond donors (Lipinski definition) is 1. The molecule has 1 heterocycles. The fourth-order valence-electron chi connectivity index (χ4n) is 2.58. The van der Waals surface area contributed by atoms with Gasteiger partial charge in [0.15, 0.2) is 0 Å². The van der Waals surface area contributed by atoms with Crippen LogP contribution in [0.1, 0.15) is 31.7 Å². The monoisotopic (exact) mass is 340 g/mol. The number of nitrogens with one attached hydrogen (secondary N) is 1. The largest absolute Gasteiger partial charge is 0.381 e. The first-order valence-electron chi connectivity index (χ1n) is 7.52. The van der Waals surface area contributed by atoms with Gasteiger partial charge in [-0.25, -0.2) is 0 Å². The molecule has 20 heavy (non-hydrogen) atoms. The minimum atomic E-state index is 0.597. The molecule has 1 aromatic carbocycles. The molecule has 1 aromatic rings. The summed E-state index contributed by atoms with van der Waals surface area (Å²) in [5, 5.41) is 3.44. The van der Waals surface area contributed by atoms with Crippen molar-refractivity contribution in [3.05, 3.63) is 28.2 Å². The predicted octanol–water partition coefficient (Wildman–Crippen LogP) is 3.56. The molecule has 0 unspecified atom stereocenters. The Morgan fingerprint density at radius 2 is 2.10 bits per heavy atom. The van der Waals surface area contributed by atoms with Crippen LogP contribution < -0.4 is 10.2 Å². The highest BCUT2D eigenvalue weighted by atomic mass is 79.9. The summed E-state index contributed by atoms with van der Waals surface area (Å²) in [6.45, 7) is 5.95. The van der Waals surface area contributed by atoms with Gasteiger partial charge in [0.2, 0.25) is 0 Å². The molecule has 0 aliphatic carbocycles. The predicted molar refractivity (Wildman–Crippen MR) is 88.4 cm³/mol. The Balaban J connectivity index is 1.99. The molecule has 0 amide bonds. The molecular formula is C16H25BrN2O. The Labute approximate surface area is 130 Å². The van der Waals surface area contributed by atoms with Gasteiger partial charge in [-0.05, 0) is 43.5 Å². The molecule has 0 spiro atoms. The second kappa shape index (κ2) is 8.01. The van der Waals surface area contributed by atoms with Gasteiger partial charge in [0.05, 0.1) is 0 Å². The van der Waals surface area contributed by atoms with Crippen LogP contribution in [0.3, 0.4) is 0 Å². The van der Waals surface area contributed by atoms with E-state index in [0.717, 1.165) is 39.1 Å². The van der Waals surface area contributed by atoms with Crippen LogP contribution in [-0.4, -0.2) is 32.8 Å². The lowest BCUT2D eigenvalue weighted by Gasteiger charge is -2.33. The molecule has 1 aliphatic heterocycles. The van der Waals surface area contributed by atoms with Crippen LogP contribution in [0.4, 0.5) is 5.69 Å². The summed E-state index contributed by atoms with van der Waals surface area (Å²) < 4.78 is 6.63. The molecule has 112 valence electrons. The van der Waals surface area contributed by atoms with Crippen LogP contribution >= 0.6 is 15.9 Å². The highest BCUT2D eigenvalue weighted by Gasteiger charge is 2.19. The van der Waals surface area contributed by atoms with E-state index in [4.69, 9.17) is 4.74 Å². The summed E-state index contributed by atoms with van der Waals surface area (Å²) in [5.74, 6) is 0. The van der Waals surface area contributed by atoms with Crippen molar-refractivity contribution < 1.29 is 4.74 Å². The van der Waals surface area contributed by atoms with Crippen LogP contribution in [0.5, 0.6) is 0 Å². The first-order chi connectivity index (χ1) is 9.72. The highest BCUT2D eigenvalue weighted by molar-refractivity contribution is 9.10. The van der Waals surface area contributed by atoms with Crippen molar-refractivity contribution in [2.45, 2.75) is 38.8 Å². The smallest absolute Gasteiger partial charge is 0.0485 e. The maximum Gasteiger partial charge on any atom is 0.0485 e. The molecular weight excluding hydrogens is 316 g/mol. The van der Waals surface area contributed by atoms with E-state index in [0.29, 0.717) is 6.04 Å². The molecule has 1 fully saturated rings. The Morgan fingerprint density at radius 3 is 2.75 bits per heavy atom. The minimum Gasteiger partial charge on any atom is -0.381 e. The molecule has 0 saturated carbocycles. The third-order valence-corrected chi connectivity index (χ3v) is 4.66. The van der Waals surface area contributed by atoms with E-state index < -0.39 is 0 Å². The van der Waals surface area contributed by atoms with E-state index >= 15 is 0 Å². The van der Waals surface area contributed by atoms with Crippen molar-refractivity contribution >= 4 is 21.6 Å². The maximum atomic E-state index is 5.44. The van der Waals surface area contributed by atoms with Crippen LogP contribution in [0, 0.1) is 0 Å². The standard InChI is InChI=1S/C16H25BrN2O/c1-3-8-18-12-13-4-5-15(11-16(13)17)19(2)14-6-9-20-10-7-14/h4-5,11,14,18H,3,6-10,12H2,1-2H3. The van der Waals surface area contributed by atoms with Crippen LogP contribution in [0.25, 0.3) is 0 Å². The van der Waals surface area contributed by atoms with Crippen LogP contribution in [0.15, 0.2) is 22.7 Å². The SMILES string of the molecule is CCCNCc1ccc(N(C)C2CCOCC2)cc1Br. The molecule has 0 aromatic heterocycles. The zero-order valence-corrected chi connectivity index (χ0v) is 14.1. The summed E-state index contributed by atoms with van der Waals surface area (Å²) in [4.78, 5) is 2.39. The minimum absolute atomic E-state index is 0.597. The maximum absolute atomic E-state index is 5.44. The number of anilines is 1. The van der Waals surface area contributed by atoms with Crippen molar-refractivity contribution in [2.75, 3.05) is 31.7 Å². The van der Waals surface area contributed by atoms with E-state index in [2.05, 4.69) is 58.3 Å². The van der Waals surface area contributed by atoms with Gasteiger partial charge in [0, 0.05) is 43.0 Å². The number of halogens is 1. The summed E-state index contributed by atoms with van der Waals surface area (Å²) in [6.07, 6.45) is 3.41. The normalized spacial score (nSPS) is 16.4. The number of benzene rings is 1. The Bertz CT molecular complexity index is 419. The highest BCUT2D eigenvalue weighted by Crippen LogP contribution is 2.27. The van der Waals surface area contributed by atoms with Gasteiger partial charge in [0.25, 0.3) is 0 Å². The average Bonchev–Trinajstić information content (AvgIpc) is 2.49. The molecule has 1 saturated heterocycles. The Hall–Kier alpha value is -0.580. The Kier molecular flexibility index (Phi) is 6.33. The topological polar surface area (TPSA) is 24.5 Å². The lowest BCUT2D eigenvalue weighted by molar-refractivity contribution is 0.0855. The van der Waals surface area contributed by atoms with Crippen molar-refractivity contribution in [1.82, 2.24) is 5.32 Å². The van der Waals surface area contributed by atoms with Crippen LogP contribution in [0.2, 0.25) is 0 Å². The van der Waals surface area contributed by atoms with Gasteiger partial charge in [-0.2, -0.15) is 0 Å². The van der Waals surface area contributed by atoms with E-state index in [9.17, 15) is 0 Å². The summed E-state index contributed by atoms with van der Waals surface area (Å²) >= 11 is 3.70. The Morgan fingerprint density at radius 1 is 1.35 bits per heavy atom. The van der Waals surface area contributed by atoms with Crippen molar-refractivity contribution in [3.63, 3.8) is 0 Å². The summed E-state index contributed by atoms with van der Waals surface area (Å²) in [5.41, 5.74) is 2.60. The number of nitrogens with zero attached hydrogens (tertiary/aromatic N) is 1. The van der Waals surface area contributed by atoms with Gasteiger partial charge in [-0.15, -0.1) is 0 Å². The zero-order valence-electron chi connectivity index (χ0n) is 12.5. The van der Waals surface area contributed by atoms with Gasteiger partial charge < -0.3 is 15.0 Å². The summed E-state index contributed by atoms with van der Waals surface area (Å²) in [6, 6.07) is 7.28. The van der Waals surface area contributed by atoms with E-state index in [1.54, 1.807) is 0 Å². The van der Waals surface area contributed by atoms with E-state index in [1.807, 2.05) is 0 Å². The lowest BCUT2D eigenvalue weighted by atomic mass is 10.1. The van der Waals surface area contributed by atoms with Crippen molar-refractivity contribution in [3.8, 4) is 0 Å². The van der Waals surface area contributed by atoms with E-state index in [1.165, 1.54) is 22.1 Å².